The molecule has 0 aliphatic heterocycles. The number of hydrogen-bond acceptors (Lipinski definition) is 1. The monoisotopic (exact) mass is 159 g/mol. The normalized spacial score (nSPS) is 9.90. The van der Waals surface area contributed by atoms with Crippen LogP contribution in [0.4, 0.5) is 4.39 Å². The van der Waals surface area contributed by atoms with Gasteiger partial charge in [-0.2, -0.15) is 0 Å². The average molecular weight is 160 g/mol. The molecule has 10 heavy (non-hydrogen) atoms. The third kappa shape index (κ3) is 1.45. The van der Waals surface area contributed by atoms with Gasteiger partial charge >= 0.3 is 0 Å². The fourth-order valence-corrected chi connectivity index (χ4v) is 0.949. The molecule has 1 aromatic rings. The standard InChI is InChI=1S/C7H7ClFN/c1-2-5-3-6(9)4-10-7(5)8/h3-4H,2H2,1H3. The summed E-state index contributed by atoms with van der Waals surface area (Å²) in [6.07, 6.45) is 1.82. The number of pyridine rings is 1. The highest BCUT2D eigenvalue weighted by Gasteiger charge is 1.99. The smallest absolute Gasteiger partial charge is 0.141 e. The lowest BCUT2D eigenvalue weighted by Gasteiger charge is -1.97. The van der Waals surface area contributed by atoms with Crippen molar-refractivity contribution < 1.29 is 4.39 Å². The minimum Gasteiger partial charge on any atom is -0.241 e. The molecule has 0 amide bonds. The van der Waals surface area contributed by atoms with Crippen LogP contribution < -0.4 is 0 Å². The van der Waals surface area contributed by atoms with Crippen LogP contribution >= 0.6 is 11.6 Å². The summed E-state index contributed by atoms with van der Waals surface area (Å²) in [5.74, 6) is -0.332. The van der Waals surface area contributed by atoms with E-state index in [9.17, 15) is 4.39 Å². The van der Waals surface area contributed by atoms with Gasteiger partial charge in [-0.05, 0) is 18.1 Å². The summed E-state index contributed by atoms with van der Waals surface area (Å²) in [6, 6.07) is 1.40. The van der Waals surface area contributed by atoms with Crippen molar-refractivity contribution in [1.82, 2.24) is 4.98 Å². The third-order valence-corrected chi connectivity index (χ3v) is 1.60. The molecule has 1 nitrogen and oxygen atoms in total. The fourth-order valence-electron chi connectivity index (χ4n) is 0.712. The van der Waals surface area contributed by atoms with E-state index < -0.39 is 0 Å². The van der Waals surface area contributed by atoms with Crippen LogP contribution in [0.1, 0.15) is 12.5 Å². The first kappa shape index (κ1) is 7.48. The van der Waals surface area contributed by atoms with E-state index in [0.29, 0.717) is 11.6 Å². The largest absolute Gasteiger partial charge is 0.241 e. The number of nitrogens with zero attached hydrogens (tertiary/aromatic N) is 1. The molecule has 3 heteroatoms. The number of aryl methyl sites for hydroxylation is 1. The molecule has 0 bridgehead atoms. The van der Waals surface area contributed by atoms with E-state index in [-0.39, 0.29) is 5.82 Å². The van der Waals surface area contributed by atoms with Gasteiger partial charge in [0.25, 0.3) is 0 Å². The Morgan fingerprint density at radius 3 is 2.90 bits per heavy atom. The highest BCUT2D eigenvalue weighted by atomic mass is 35.5. The summed E-state index contributed by atoms with van der Waals surface area (Å²) >= 11 is 5.62. The lowest BCUT2D eigenvalue weighted by molar-refractivity contribution is 0.619. The van der Waals surface area contributed by atoms with Gasteiger partial charge in [0.05, 0.1) is 6.20 Å². The molecule has 0 saturated carbocycles. The summed E-state index contributed by atoms with van der Waals surface area (Å²) in [7, 11) is 0. The first-order valence-corrected chi connectivity index (χ1v) is 3.41. The molecule has 0 spiro atoms. The first-order chi connectivity index (χ1) is 4.74. The highest BCUT2D eigenvalue weighted by Crippen LogP contribution is 2.13. The Hall–Kier alpha value is -0.630. The zero-order valence-electron chi connectivity index (χ0n) is 5.56. The Kier molecular flexibility index (Phi) is 2.22. The average Bonchev–Trinajstić information content (AvgIpc) is 1.94. The molecule has 0 unspecified atom stereocenters. The summed E-state index contributed by atoms with van der Waals surface area (Å²) in [5.41, 5.74) is 0.752. The van der Waals surface area contributed by atoms with Crippen molar-refractivity contribution in [2.75, 3.05) is 0 Å². The molecule has 0 atom stereocenters. The molecule has 0 saturated heterocycles. The molecule has 0 aliphatic rings. The summed E-state index contributed by atoms with van der Waals surface area (Å²) in [4.78, 5) is 3.64. The number of hydrogen-bond donors (Lipinski definition) is 0. The first-order valence-electron chi connectivity index (χ1n) is 3.04. The van der Waals surface area contributed by atoms with E-state index in [4.69, 9.17) is 11.6 Å². The second-order valence-electron chi connectivity index (χ2n) is 1.96. The predicted molar refractivity (Wildman–Crippen MR) is 38.6 cm³/mol. The van der Waals surface area contributed by atoms with Gasteiger partial charge in [-0.15, -0.1) is 0 Å². The van der Waals surface area contributed by atoms with Gasteiger partial charge in [-0.3, -0.25) is 0 Å². The van der Waals surface area contributed by atoms with Crippen LogP contribution in [0.25, 0.3) is 0 Å². The number of aromatic nitrogens is 1. The van der Waals surface area contributed by atoms with Crippen molar-refractivity contribution in [2.24, 2.45) is 0 Å². The molecule has 0 aromatic carbocycles. The van der Waals surface area contributed by atoms with E-state index in [1.165, 1.54) is 6.07 Å². The number of rotatable bonds is 1. The molecule has 0 radical (unpaired) electrons. The third-order valence-electron chi connectivity index (χ3n) is 1.26. The Bertz CT molecular complexity index is 237. The molecular formula is C7H7ClFN. The van der Waals surface area contributed by atoms with Crippen molar-refractivity contribution in [3.8, 4) is 0 Å². The van der Waals surface area contributed by atoms with Gasteiger partial charge < -0.3 is 0 Å². The molecule has 54 valence electrons. The van der Waals surface area contributed by atoms with Gasteiger partial charge in [0.1, 0.15) is 11.0 Å². The molecule has 0 N–H and O–H groups in total. The van der Waals surface area contributed by atoms with E-state index in [1.807, 2.05) is 6.92 Å². The van der Waals surface area contributed by atoms with Crippen molar-refractivity contribution in [3.63, 3.8) is 0 Å². The van der Waals surface area contributed by atoms with E-state index in [2.05, 4.69) is 4.98 Å². The zero-order valence-corrected chi connectivity index (χ0v) is 6.32. The maximum Gasteiger partial charge on any atom is 0.141 e. The van der Waals surface area contributed by atoms with Crippen LogP contribution in [0, 0.1) is 5.82 Å². The van der Waals surface area contributed by atoms with Gasteiger partial charge in [0, 0.05) is 0 Å². The summed E-state index contributed by atoms with van der Waals surface area (Å²) < 4.78 is 12.4. The van der Waals surface area contributed by atoms with Crippen LogP contribution in [0.5, 0.6) is 0 Å². The molecule has 0 fully saturated rings. The van der Waals surface area contributed by atoms with Gasteiger partial charge in [-0.1, -0.05) is 18.5 Å². The molecule has 1 rings (SSSR count). The summed E-state index contributed by atoms with van der Waals surface area (Å²) in [5, 5.41) is 0.393. The second kappa shape index (κ2) is 2.97. The van der Waals surface area contributed by atoms with Crippen molar-refractivity contribution in [3.05, 3.63) is 28.8 Å². The Morgan fingerprint density at radius 1 is 1.70 bits per heavy atom. The summed E-state index contributed by atoms with van der Waals surface area (Å²) in [6.45, 7) is 1.91. The fraction of sp³-hybridized carbons (Fsp3) is 0.286. The lowest BCUT2D eigenvalue weighted by atomic mass is 10.2. The van der Waals surface area contributed by atoms with E-state index in [1.54, 1.807) is 0 Å². The van der Waals surface area contributed by atoms with Gasteiger partial charge in [-0.25, -0.2) is 9.37 Å². The van der Waals surface area contributed by atoms with Crippen LogP contribution in [0.15, 0.2) is 12.3 Å². The lowest BCUT2D eigenvalue weighted by Crippen LogP contribution is -1.87. The van der Waals surface area contributed by atoms with Gasteiger partial charge in [0.2, 0.25) is 0 Å². The van der Waals surface area contributed by atoms with E-state index in [0.717, 1.165) is 11.8 Å². The Morgan fingerprint density at radius 2 is 2.40 bits per heavy atom. The number of halogens is 2. The van der Waals surface area contributed by atoms with Crippen molar-refractivity contribution in [2.45, 2.75) is 13.3 Å². The Balaban J connectivity index is 3.09. The highest BCUT2D eigenvalue weighted by molar-refractivity contribution is 6.30. The zero-order chi connectivity index (χ0) is 7.56. The topological polar surface area (TPSA) is 12.9 Å². The SMILES string of the molecule is CCc1cc(F)cnc1Cl. The van der Waals surface area contributed by atoms with Crippen LogP contribution in [-0.2, 0) is 6.42 Å². The van der Waals surface area contributed by atoms with Crippen molar-refractivity contribution in [1.29, 1.82) is 0 Å². The van der Waals surface area contributed by atoms with Crippen LogP contribution in [0.3, 0.4) is 0 Å². The van der Waals surface area contributed by atoms with Crippen LogP contribution in [-0.4, -0.2) is 4.98 Å². The van der Waals surface area contributed by atoms with Crippen LogP contribution in [0.2, 0.25) is 5.15 Å². The predicted octanol–water partition coefficient (Wildman–Crippen LogP) is 2.44. The maximum atomic E-state index is 12.4. The van der Waals surface area contributed by atoms with Crippen molar-refractivity contribution >= 4 is 11.6 Å². The quantitative estimate of drug-likeness (QED) is 0.574. The molecular weight excluding hydrogens is 153 g/mol. The second-order valence-corrected chi connectivity index (χ2v) is 2.32. The molecule has 0 aliphatic carbocycles. The molecule has 1 aromatic heterocycles. The van der Waals surface area contributed by atoms with E-state index >= 15 is 0 Å². The minimum absolute atomic E-state index is 0.332. The maximum absolute atomic E-state index is 12.4. The van der Waals surface area contributed by atoms with Gasteiger partial charge in [0.15, 0.2) is 0 Å². The molecule has 1 heterocycles. The Labute approximate surface area is 63.8 Å². The minimum atomic E-state index is -0.332.